The number of anilines is 1. The molecule has 3 aromatic rings. The Morgan fingerprint density at radius 1 is 1.13 bits per heavy atom. The third kappa shape index (κ3) is 3.81. The number of amides is 2. The molecular weight excluding hydrogens is 381 g/mol. The maximum atomic E-state index is 13.2. The van der Waals surface area contributed by atoms with Crippen molar-refractivity contribution in [1.82, 2.24) is 10.3 Å². The Bertz CT molecular complexity index is 1080. The first-order chi connectivity index (χ1) is 14.4. The van der Waals surface area contributed by atoms with Gasteiger partial charge in [-0.15, -0.1) is 0 Å². The number of hydrogen-bond donors (Lipinski definition) is 1. The molecule has 1 aromatic heterocycles. The first-order valence-corrected chi connectivity index (χ1v) is 9.84. The molecule has 0 aliphatic carbocycles. The smallest absolute Gasteiger partial charge is 0.260 e. The summed E-state index contributed by atoms with van der Waals surface area (Å²) in [6, 6.07) is 16.4. The van der Waals surface area contributed by atoms with Crippen molar-refractivity contribution in [3.05, 3.63) is 95.1 Å². The van der Waals surface area contributed by atoms with E-state index < -0.39 is 6.04 Å². The van der Waals surface area contributed by atoms with Crippen LogP contribution in [0, 0.1) is 12.7 Å². The fourth-order valence-electron chi connectivity index (χ4n) is 3.76. The molecule has 0 spiro atoms. The Hall–Kier alpha value is -3.54. The van der Waals surface area contributed by atoms with Gasteiger partial charge in [0.25, 0.3) is 5.91 Å². The molecule has 4 rings (SSSR count). The van der Waals surface area contributed by atoms with Crippen LogP contribution in [0.4, 0.5) is 10.1 Å². The number of benzene rings is 2. The standard InChI is InChI=1S/C24H22FN3O2/c1-15-5-11-19(12-6-15)28-21(23-20(24(28)30)4-3-13-26-23)14-22(29)27-16(2)17-7-9-18(25)10-8-17/h3-13,16,21H,14H2,1-2H3,(H,27,29)/t16-,21-/m0/s1. The molecule has 0 bridgehead atoms. The zero-order valence-corrected chi connectivity index (χ0v) is 16.8. The van der Waals surface area contributed by atoms with Crippen LogP contribution in [0.25, 0.3) is 0 Å². The highest BCUT2D eigenvalue weighted by Gasteiger charge is 2.40. The number of aryl methyl sites for hydroxylation is 1. The van der Waals surface area contributed by atoms with Gasteiger partial charge in [0.1, 0.15) is 5.82 Å². The number of hydrogen-bond acceptors (Lipinski definition) is 3. The maximum Gasteiger partial charge on any atom is 0.260 e. The van der Waals surface area contributed by atoms with E-state index in [1.165, 1.54) is 12.1 Å². The van der Waals surface area contributed by atoms with E-state index in [0.717, 1.165) is 16.8 Å². The quantitative estimate of drug-likeness (QED) is 0.682. The predicted molar refractivity (Wildman–Crippen MR) is 113 cm³/mol. The van der Waals surface area contributed by atoms with Gasteiger partial charge >= 0.3 is 0 Å². The van der Waals surface area contributed by atoms with Crippen molar-refractivity contribution in [2.24, 2.45) is 0 Å². The summed E-state index contributed by atoms with van der Waals surface area (Å²) in [7, 11) is 0. The molecule has 0 fully saturated rings. The van der Waals surface area contributed by atoms with Crippen LogP contribution in [0.3, 0.4) is 0 Å². The molecule has 0 unspecified atom stereocenters. The highest BCUT2D eigenvalue weighted by Crippen LogP contribution is 2.38. The van der Waals surface area contributed by atoms with Crippen molar-refractivity contribution in [3.63, 3.8) is 0 Å². The minimum Gasteiger partial charge on any atom is -0.350 e. The van der Waals surface area contributed by atoms with Crippen molar-refractivity contribution in [2.75, 3.05) is 4.90 Å². The lowest BCUT2D eigenvalue weighted by molar-refractivity contribution is -0.122. The SMILES string of the molecule is Cc1ccc(N2C(=O)c3cccnc3[C@@H]2CC(=O)N[C@@H](C)c2ccc(F)cc2)cc1. The van der Waals surface area contributed by atoms with Crippen LogP contribution >= 0.6 is 0 Å². The molecule has 2 atom stereocenters. The zero-order valence-electron chi connectivity index (χ0n) is 16.8. The van der Waals surface area contributed by atoms with Crippen LogP contribution in [0.2, 0.25) is 0 Å². The number of nitrogens with zero attached hydrogens (tertiary/aromatic N) is 2. The Morgan fingerprint density at radius 2 is 1.83 bits per heavy atom. The monoisotopic (exact) mass is 403 g/mol. The lowest BCUT2D eigenvalue weighted by atomic mass is 10.1. The molecule has 1 aliphatic rings. The van der Waals surface area contributed by atoms with Crippen molar-refractivity contribution in [2.45, 2.75) is 32.4 Å². The van der Waals surface area contributed by atoms with E-state index in [1.54, 1.807) is 35.4 Å². The zero-order chi connectivity index (χ0) is 21.3. The average Bonchev–Trinajstić information content (AvgIpc) is 3.01. The largest absolute Gasteiger partial charge is 0.350 e. The minimum absolute atomic E-state index is 0.0785. The number of pyridine rings is 1. The van der Waals surface area contributed by atoms with Gasteiger partial charge in [-0.3, -0.25) is 19.5 Å². The van der Waals surface area contributed by atoms with Crippen LogP contribution in [-0.4, -0.2) is 16.8 Å². The summed E-state index contributed by atoms with van der Waals surface area (Å²) in [4.78, 5) is 32.0. The fraction of sp³-hybridized carbons (Fsp3) is 0.208. The van der Waals surface area contributed by atoms with E-state index in [-0.39, 0.29) is 30.1 Å². The summed E-state index contributed by atoms with van der Waals surface area (Å²) in [6.07, 6.45) is 1.71. The Kier molecular flexibility index (Phi) is 5.31. The number of rotatable bonds is 5. The van der Waals surface area contributed by atoms with Crippen LogP contribution < -0.4 is 10.2 Å². The Labute approximate surface area is 174 Å². The summed E-state index contributed by atoms with van der Waals surface area (Å²) in [5.74, 6) is -0.690. The molecule has 1 N–H and O–H groups in total. The van der Waals surface area contributed by atoms with E-state index in [1.807, 2.05) is 38.1 Å². The minimum atomic E-state index is -0.489. The Balaban J connectivity index is 1.58. The fourth-order valence-corrected chi connectivity index (χ4v) is 3.76. The van der Waals surface area contributed by atoms with Crippen LogP contribution in [-0.2, 0) is 4.79 Å². The van der Waals surface area contributed by atoms with Gasteiger partial charge in [-0.25, -0.2) is 4.39 Å². The van der Waals surface area contributed by atoms with Crippen LogP contribution in [0.1, 0.15) is 52.6 Å². The summed E-state index contributed by atoms with van der Waals surface area (Å²) >= 11 is 0. The first kappa shape index (κ1) is 19.8. The van der Waals surface area contributed by atoms with Gasteiger partial charge in [-0.2, -0.15) is 0 Å². The second kappa shape index (κ2) is 8.06. The molecule has 5 nitrogen and oxygen atoms in total. The molecule has 0 saturated carbocycles. The molecule has 1 aliphatic heterocycles. The van der Waals surface area contributed by atoms with Crippen molar-refractivity contribution in [1.29, 1.82) is 0 Å². The van der Waals surface area contributed by atoms with Crippen molar-refractivity contribution in [3.8, 4) is 0 Å². The van der Waals surface area contributed by atoms with Crippen LogP contribution in [0.15, 0.2) is 66.9 Å². The van der Waals surface area contributed by atoms with Crippen LogP contribution in [0.5, 0.6) is 0 Å². The summed E-state index contributed by atoms with van der Waals surface area (Å²) < 4.78 is 13.2. The van der Waals surface area contributed by atoms with E-state index in [9.17, 15) is 14.0 Å². The highest BCUT2D eigenvalue weighted by molar-refractivity contribution is 6.11. The molecule has 2 aromatic carbocycles. The first-order valence-electron chi connectivity index (χ1n) is 9.84. The van der Waals surface area contributed by atoms with Gasteiger partial charge in [0.05, 0.1) is 29.8 Å². The van der Waals surface area contributed by atoms with Gasteiger partial charge < -0.3 is 5.32 Å². The molecule has 2 amide bonds. The maximum absolute atomic E-state index is 13.2. The van der Waals surface area contributed by atoms with Gasteiger partial charge in [0.15, 0.2) is 0 Å². The second-order valence-electron chi connectivity index (χ2n) is 7.51. The number of aromatic nitrogens is 1. The molecule has 152 valence electrons. The average molecular weight is 403 g/mol. The third-order valence-electron chi connectivity index (χ3n) is 5.35. The Morgan fingerprint density at radius 3 is 2.53 bits per heavy atom. The number of carbonyl (C=O) groups excluding carboxylic acids is 2. The van der Waals surface area contributed by atoms with Gasteiger partial charge in [-0.05, 0) is 55.8 Å². The molecule has 30 heavy (non-hydrogen) atoms. The van der Waals surface area contributed by atoms with Gasteiger partial charge in [0.2, 0.25) is 5.91 Å². The lowest BCUT2D eigenvalue weighted by Gasteiger charge is -2.25. The normalized spacial score (nSPS) is 16.3. The lowest BCUT2D eigenvalue weighted by Crippen LogP contribution is -2.34. The van der Waals surface area contributed by atoms with Gasteiger partial charge in [-0.1, -0.05) is 29.8 Å². The van der Waals surface area contributed by atoms with E-state index >= 15 is 0 Å². The number of fused-ring (bicyclic) bond motifs is 1. The number of halogens is 1. The predicted octanol–water partition coefficient (Wildman–Crippen LogP) is 4.50. The molecule has 0 saturated heterocycles. The third-order valence-corrected chi connectivity index (χ3v) is 5.35. The molecular formula is C24H22FN3O2. The number of nitrogens with one attached hydrogen (secondary N) is 1. The van der Waals surface area contributed by atoms with E-state index in [2.05, 4.69) is 10.3 Å². The molecule has 0 radical (unpaired) electrons. The number of carbonyl (C=O) groups is 2. The van der Waals surface area contributed by atoms with E-state index in [0.29, 0.717) is 11.3 Å². The molecule has 6 heteroatoms. The molecule has 2 heterocycles. The topological polar surface area (TPSA) is 62.3 Å². The second-order valence-corrected chi connectivity index (χ2v) is 7.51. The summed E-state index contributed by atoms with van der Waals surface area (Å²) in [6.45, 7) is 3.82. The van der Waals surface area contributed by atoms with E-state index in [4.69, 9.17) is 0 Å². The van der Waals surface area contributed by atoms with Crippen molar-refractivity contribution < 1.29 is 14.0 Å². The summed E-state index contributed by atoms with van der Waals surface area (Å²) in [5.41, 5.74) is 3.74. The highest BCUT2D eigenvalue weighted by atomic mass is 19.1. The summed E-state index contributed by atoms with van der Waals surface area (Å²) in [5, 5.41) is 2.94. The van der Waals surface area contributed by atoms with Gasteiger partial charge in [0, 0.05) is 11.9 Å². The van der Waals surface area contributed by atoms with Crippen molar-refractivity contribution >= 4 is 17.5 Å².